The molecule has 1 aromatic carbocycles. The lowest BCUT2D eigenvalue weighted by atomic mass is 10.0. The first-order valence-electron chi connectivity index (χ1n) is 10.6. The van der Waals surface area contributed by atoms with Crippen LogP contribution in [-0.2, 0) is 6.42 Å². The lowest BCUT2D eigenvalue weighted by Crippen LogP contribution is -2.20. The van der Waals surface area contributed by atoms with Gasteiger partial charge in [-0.1, -0.05) is 30.3 Å². The van der Waals surface area contributed by atoms with Crippen LogP contribution < -0.4 is 10.1 Å². The molecule has 0 amide bonds. The molecular formula is C24H23N5O. The first-order valence-corrected chi connectivity index (χ1v) is 10.6. The summed E-state index contributed by atoms with van der Waals surface area (Å²) < 4.78 is 8.36. The highest BCUT2D eigenvalue weighted by atomic mass is 16.5. The van der Waals surface area contributed by atoms with Crippen molar-refractivity contribution in [3.8, 4) is 17.1 Å². The molecule has 1 fully saturated rings. The SMILES string of the molecule is c1ccc([C@H]2CCc3nc4ccc(-c5ccnc(O[C@@H]6CCNC6)c5)nc4n32)cc1. The molecule has 6 nitrogen and oxygen atoms in total. The molecule has 6 heteroatoms. The summed E-state index contributed by atoms with van der Waals surface area (Å²) in [5.41, 5.74) is 5.15. The van der Waals surface area contributed by atoms with Gasteiger partial charge < -0.3 is 14.6 Å². The predicted octanol–water partition coefficient (Wildman–Crippen LogP) is 3.77. The van der Waals surface area contributed by atoms with Crippen molar-refractivity contribution in [3.63, 3.8) is 0 Å². The second kappa shape index (κ2) is 7.22. The standard InChI is InChI=1S/C24H23N5O/c1-2-4-16(5-3-1)21-8-9-22-27-20-7-6-19(28-24(20)29(21)22)17-10-13-26-23(14-17)30-18-11-12-25-15-18/h1-7,10,13-14,18,21,25H,8-9,11-12,15H2/t18-,21-/m1/s1. The third kappa shape index (κ3) is 3.04. The number of fused-ring (bicyclic) bond motifs is 3. The van der Waals surface area contributed by atoms with Crippen molar-refractivity contribution < 1.29 is 4.74 Å². The minimum absolute atomic E-state index is 0.188. The van der Waals surface area contributed by atoms with Gasteiger partial charge in [0.1, 0.15) is 17.4 Å². The van der Waals surface area contributed by atoms with E-state index in [-0.39, 0.29) is 6.10 Å². The Bertz CT molecular complexity index is 1200. The first kappa shape index (κ1) is 17.6. The molecule has 2 atom stereocenters. The molecule has 0 aliphatic carbocycles. The van der Waals surface area contributed by atoms with Gasteiger partial charge in [-0.3, -0.25) is 0 Å². The summed E-state index contributed by atoms with van der Waals surface area (Å²) in [6.45, 7) is 1.87. The van der Waals surface area contributed by atoms with E-state index in [1.807, 2.05) is 18.2 Å². The van der Waals surface area contributed by atoms with E-state index in [9.17, 15) is 0 Å². The second-order valence-corrected chi connectivity index (χ2v) is 8.02. The summed E-state index contributed by atoms with van der Waals surface area (Å²) in [6, 6.07) is 19.0. The van der Waals surface area contributed by atoms with Gasteiger partial charge in [-0.2, -0.15) is 0 Å². The van der Waals surface area contributed by atoms with Gasteiger partial charge in [0.2, 0.25) is 5.88 Å². The van der Waals surface area contributed by atoms with Crippen LogP contribution in [-0.4, -0.2) is 38.7 Å². The van der Waals surface area contributed by atoms with Crippen LogP contribution in [0.5, 0.6) is 5.88 Å². The maximum Gasteiger partial charge on any atom is 0.214 e. The second-order valence-electron chi connectivity index (χ2n) is 8.02. The number of benzene rings is 1. The van der Waals surface area contributed by atoms with Crippen LogP contribution in [0.15, 0.2) is 60.8 Å². The number of ether oxygens (including phenoxy) is 1. The van der Waals surface area contributed by atoms with Crippen molar-refractivity contribution in [2.45, 2.75) is 31.4 Å². The van der Waals surface area contributed by atoms with Gasteiger partial charge in [0, 0.05) is 30.8 Å². The molecule has 0 unspecified atom stereocenters. The number of nitrogens with zero attached hydrogens (tertiary/aromatic N) is 4. The number of imidazole rings is 1. The smallest absolute Gasteiger partial charge is 0.214 e. The zero-order chi connectivity index (χ0) is 19.9. The minimum atomic E-state index is 0.188. The van der Waals surface area contributed by atoms with E-state index in [0.717, 1.165) is 60.6 Å². The molecular weight excluding hydrogens is 374 g/mol. The van der Waals surface area contributed by atoms with E-state index in [1.165, 1.54) is 5.56 Å². The summed E-state index contributed by atoms with van der Waals surface area (Å²) in [5, 5.41) is 3.32. The highest BCUT2D eigenvalue weighted by Crippen LogP contribution is 2.35. The van der Waals surface area contributed by atoms with Crippen molar-refractivity contribution in [1.29, 1.82) is 0 Å². The molecule has 0 saturated carbocycles. The van der Waals surface area contributed by atoms with Crippen molar-refractivity contribution in [2.75, 3.05) is 13.1 Å². The van der Waals surface area contributed by atoms with Gasteiger partial charge in [0.05, 0.1) is 11.7 Å². The molecule has 5 heterocycles. The number of hydrogen-bond donors (Lipinski definition) is 1. The molecule has 150 valence electrons. The van der Waals surface area contributed by atoms with Crippen molar-refractivity contribution in [2.24, 2.45) is 0 Å². The van der Waals surface area contributed by atoms with E-state index >= 15 is 0 Å². The number of rotatable bonds is 4. The molecule has 0 spiro atoms. The summed E-state index contributed by atoms with van der Waals surface area (Å²) in [5.74, 6) is 1.78. The van der Waals surface area contributed by atoms with Crippen LogP contribution in [0.4, 0.5) is 0 Å². The fourth-order valence-electron chi connectivity index (χ4n) is 4.60. The highest BCUT2D eigenvalue weighted by molar-refractivity contribution is 5.77. The first-order chi connectivity index (χ1) is 14.8. The Kier molecular flexibility index (Phi) is 4.23. The van der Waals surface area contributed by atoms with E-state index in [1.54, 1.807) is 6.20 Å². The quantitative estimate of drug-likeness (QED) is 0.568. The Hall–Kier alpha value is -3.25. The molecule has 0 bridgehead atoms. The van der Waals surface area contributed by atoms with Crippen LogP contribution in [0, 0.1) is 0 Å². The predicted molar refractivity (Wildman–Crippen MR) is 116 cm³/mol. The molecule has 6 rings (SSSR count). The van der Waals surface area contributed by atoms with Crippen LogP contribution >= 0.6 is 0 Å². The van der Waals surface area contributed by atoms with Gasteiger partial charge in [0.15, 0.2) is 5.65 Å². The summed E-state index contributed by atoms with van der Waals surface area (Å²) in [7, 11) is 0. The fourth-order valence-corrected chi connectivity index (χ4v) is 4.60. The van der Waals surface area contributed by atoms with E-state index < -0.39 is 0 Å². The molecule has 30 heavy (non-hydrogen) atoms. The Labute approximate surface area is 175 Å². The zero-order valence-corrected chi connectivity index (χ0v) is 16.7. The van der Waals surface area contributed by atoms with Crippen molar-refractivity contribution in [3.05, 3.63) is 72.2 Å². The number of pyridine rings is 2. The Morgan fingerprint density at radius 1 is 1.00 bits per heavy atom. The molecule has 0 radical (unpaired) electrons. The molecule has 3 aromatic heterocycles. The largest absolute Gasteiger partial charge is 0.473 e. The Morgan fingerprint density at radius 3 is 2.80 bits per heavy atom. The number of nitrogens with one attached hydrogen (secondary N) is 1. The average Bonchev–Trinajstić information content (AvgIpc) is 3.51. The normalized spacial score (nSPS) is 20.5. The molecule has 4 aromatic rings. The summed E-state index contributed by atoms with van der Waals surface area (Å²) >= 11 is 0. The number of aromatic nitrogens is 4. The zero-order valence-electron chi connectivity index (χ0n) is 16.7. The fraction of sp³-hybridized carbons (Fsp3) is 0.292. The van der Waals surface area contributed by atoms with Crippen LogP contribution in [0.25, 0.3) is 22.4 Å². The Balaban J connectivity index is 1.38. The lowest BCUT2D eigenvalue weighted by molar-refractivity contribution is 0.214. The monoisotopic (exact) mass is 397 g/mol. The van der Waals surface area contributed by atoms with E-state index in [2.05, 4.69) is 51.3 Å². The van der Waals surface area contributed by atoms with Gasteiger partial charge in [-0.15, -0.1) is 0 Å². The molecule has 1 saturated heterocycles. The average molecular weight is 397 g/mol. The molecule has 2 aliphatic heterocycles. The maximum atomic E-state index is 6.04. The van der Waals surface area contributed by atoms with Gasteiger partial charge in [0.25, 0.3) is 0 Å². The van der Waals surface area contributed by atoms with Crippen LogP contribution in [0.1, 0.15) is 30.3 Å². The molecule has 1 N–H and O–H groups in total. The van der Waals surface area contributed by atoms with Gasteiger partial charge >= 0.3 is 0 Å². The number of hydrogen-bond acceptors (Lipinski definition) is 5. The third-order valence-corrected chi connectivity index (χ3v) is 6.08. The van der Waals surface area contributed by atoms with Crippen molar-refractivity contribution in [1.82, 2.24) is 24.8 Å². The summed E-state index contributed by atoms with van der Waals surface area (Å²) in [6.07, 6.45) is 5.05. The number of aryl methyl sites for hydroxylation is 1. The highest BCUT2D eigenvalue weighted by Gasteiger charge is 2.28. The van der Waals surface area contributed by atoms with Crippen molar-refractivity contribution >= 4 is 11.2 Å². The van der Waals surface area contributed by atoms with E-state index in [0.29, 0.717) is 11.9 Å². The third-order valence-electron chi connectivity index (χ3n) is 6.08. The minimum Gasteiger partial charge on any atom is -0.473 e. The van der Waals surface area contributed by atoms with Crippen LogP contribution in [0.3, 0.4) is 0 Å². The Morgan fingerprint density at radius 2 is 1.93 bits per heavy atom. The molecule has 2 aliphatic rings. The maximum absolute atomic E-state index is 6.04. The topological polar surface area (TPSA) is 64.9 Å². The van der Waals surface area contributed by atoms with E-state index in [4.69, 9.17) is 14.7 Å². The summed E-state index contributed by atoms with van der Waals surface area (Å²) in [4.78, 5) is 14.3. The van der Waals surface area contributed by atoms with Gasteiger partial charge in [-0.05, 0) is 43.1 Å². The van der Waals surface area contributed by atoms with Crippen LogP contribution in [0.2, 0.25) is 0 Å². The van der Waals surface area contributed by atoms with Gasteiger partial charge in [-0.25, -0.2) is 15.0 Å². The lowest BCUT2D eigenvalue weighted by Gasteiger charge is -2.15.